The molecule has 0 saturated carbocycles. The third kappa shape index (κ3) is 3.05. The third-order valence-corrected chi connectivity index (χ3v) is 3.78. The molecule has 1 N–H and O–H groups in total. The number of nitrogens with zero attached hydrogens (tertiary/aromatic N) is 3. The summed E-state index contributed by atoms with van der Waals surface area (Å²) in [5, 5.41) is 3.53. The van der Waals surface area contributed by atoms with Crippen molar-refractivity contribution < 1.29 is 0 Å². The predicted molar refractivity (Wildman–Crippen MR) is 76.1 cm³/mol. The lowest BCUT2D eigenvalue weighted by Crippen LogP contribution is -2.23. The molecule has 0 radical (unpaired) electrons. The predicted octanol–water partition coefficient (Wildman–Crippen LogP) is 2.53. The Hall–Kier alpha value is -1.03. The third-order valence-electron chi connectivity index (χ3n) is 3.78. The van der Waals surface area contributed by atoms with Crippen molar-refractivity contribution in [3.63, 3.8) is 0 Å². The number of imidazole rings is 1. The zero-order valence-electron chi connectivity index (χ0n) is 12.1. The average molecular weight is 250 g/mol. The fraction of sp³-hybridized carbons (Fsp3) is 0.786. The van der Waals surface area contributed by atoms with Crippen LogP contribution in [0.25, 0.3) is 0 Å². The van der Waals surface area contributed by atoms with Gasteiger partial charge in [0.05, 0.1) is 5.69 Å². The van der Waals surface area contributed by atoms with Crippen LogP contribution < -0.4 is 5.32 Å². The molecule has 0 amide bonds. The summed E-state index contributed by atoms with van der Waals surface area (Å²) in [6.07, 6.45) is 3.43. The van der Waals surface area contributed by atoms with Gasteiger partial charge in [0, 0.05) is 25.3 Å². The molecule has 1 fully saturated rings. The van der Waals surface area contributed by atoms with Crippen LogP contribution in [0.3, 0.4) is 0 Å². The van der Waals surface area contributed by atoms with Gasteiger partial charge < -0.3 is 14.8 Å². The van der Waals surface area contributed by atoms with Crippen molar-refractivity contribution in [1.82, 2.24) is 14.5 Å². The number of anilines is 1. The van der Waals surface area contributed by atoms with Crippen LogP contribution >= 0.6 is 0 Å². The Morgan fingerprint density at radius 2 is 2.28 bits per heavy atom. The number of rotatable bonds is 5. The van der Waals surface area contributed by atoms with Gasteiger partial charge in [-0.05, 0) is 46.2 Å². The second-order valence-electron chi connectivity index (χ2n) is 5.64. The molecule has 0 bridgehead atoms. The molecule has 1 aromatic rings. The molecular weight excluding hydrogens is 224 g/mol. The van der Waals surface area contributed by atoms with Gasteiger partial charge in [0.25, 0.3) is 0 Å². The number of aromatic nitrogens is 2. The highest BCUT2D eigenvalue weighted by atomic mass is 15.2. The van der Waals surface area contributed by atoms with Crippen LogP contribution in [-0.4, -0.2) is 40.6 Å². The molecule has 0 aromatic carbocycles. The van der Waals surface area contributed by atoms with Gasteiger partial charge >= 0.3 is 0 Å². The number of aryl methyl sites for hydroxylation is 1. The molecule has 0 spiro atoms. The number of hydrogen-bond acceptors (Lipinski definition) is 3. The Bertz CT molecular complexity index is 383. The molecule has 1 aliphatic heterocycles. The van der Waals surface area contributed by atoms with Gasteiger partial charge in [-0.2, -0.15) is 0 Å². The van der Waals surface area contributed by atoms with E-state index in [1.54, 1.807) is 0 Å². The lowest BCUT2D eigenvalue weighted by atomic mass is 10.1. The van der Waals surface area contributed by atoms with Crippen molar-refractivity contribution >= 4 is 5.95 Å². The fourth-order valence-corrected chi connectivity index (χ4v) is 2.64. The molecule has 1 saturated heterocycles. The first-order valence-electron chi connectivity index (χ1n) is 7.11. The van der Waals surface area contributed by atoms with Crippen LogP contribution in [0.15, 0.2) is 6.20 Å². The maximum atomic E-state index is 4.57. The van der Waals surface area contributed by atoms with E-state index in [1.165, 1.54) is 26.1 Å². The van der Waals surface area contributed by atoms with Gasteiger partial charge in [-0.1, -0.05) is 6.92 Å². The Morgan fingerprint density at radius 1 is 1.50 bits per heavy atom. The second-order valence-corrected chi connectivity index (χ2v) is 5.64. The molecule has 1 aliphatic rings. The molecule has 2 rings (SSSR count). The van der Waals surface area contributed by atoms with Crippen LogP contribution in [0.4, 0.5) is 5.95 Å². The van der Waals surface area contributed by atoms with Crippen molar-refractivity contribution in [2.45, 2.75) is 40.2 Å². The lowest BCUT2D eigenvalue weighted by molar-refractivity contribution is 0.344. The minimum absolute atomic E-state index is 0.462. The van der Waals surface area contributed by atoms with Gasteiger partial charge in [-0.15, -0.1) is 0 Å². The van der Waals surface area contributed by atoms with Crippen molar-refractivity contribution in [3.8, 4) is 0 Å². The summed E-state index contributed by atoms with van der Waals surface area (Å²) in [6, 6.07) is 0.462. The van der Waals surface area contributed by atoms with E-state index in [0.29, 0.717) is 6.04 Å². The minimum Gasteiger partial charge on any atom is -0.355 e. The van der Waals surface area contributed by atoms with Crippen LogP contribution in [-0.2, 0) is 0 Å². The summed E-state index contributed by atoms with van der Waals surface area (Å²) in [5.74, 6) is 1.79. The maximum Gasteiger partial charge on any atom is 0.203 e. The summed E-state index contributed by atoms with van der Waals surface area (Å²) in [6.45, 7) is 13.4. The summed E-state index contributed by atoms with van der Waals surface area (Å²) in [7, 11) is 0. The van der Waals surface area contributed by atoms with Crippen molar-refractivity contribution in [3.05, 3.63) is 11.9 Å². The van der Waals surface area contributed by atoms with E-state index >= 15 is 0 Å². The molecule has 4 heteroatoms. The summed E-state index contributed by atoms with van der Waals surface area (Å²) < 4.78 is 2.22. The lowest BCUT2D eigenvalue weighted by Gasteiger charge is -2.16. The van der Waals surface area contributed by atoms with Crippen molar-refractivity contribution in [1.29, 1.82) is 0 Å². The van der Waals surface area contributed by atoms with Crippen molar-refractivity contribution in [2.24, 2.45) is 5.92 Å². The highest BCUT2D eigenvalue weighted by Gasteiger charge is 2.21. The van der Waals surface area contributed by atoms with E-state index in [1.807, 2.05) is 0 Å². The highest BCUT2D eigenvalue weighted by molar-refractivity contribution is 5.29. The second kappa shape index (κ2) is 5.74. The summed E-state index contributed by atoms with van der Waals surface area (Å²) in [4.78, 5) is 7.09. The zero-order chi connectivity index (χ0) is 13.1. The minimum atomic E-state index is 0.462. The fourth-order valence-electron chi connectivity index (χ4n) is 2.64. The monoisotopic (exact) mass is 250 g/mol. The molecular formula is C14H26N4. The maximum absolute atomic E-state index is 4.57. The Labute approximate surface area is 110 Å². The Balaban J connectivity index is 1.90. The van der Waals surface area contributed by atoms with E-state index in [9.17, 15) is 0 Å². The van der Waals surface area contributed by atoms with Gasteiger partial charge in [0.1, 0.15) is 0 Å². The largest absolute Gasteiger partial charge is 0.355 e. The molecule has 2 heterocycles. The first-order chi connectivity index (χ1) is 8.60. The van der Waals surface area contributed by atoms with Gasteiger partial charge in [-0.3, -0.25) is 0 Å². The summed E-state index contributed by atoms with van der Waals surface area (Å²) >= 11 is 0. The molecule has 102 valence electrons. The van der Waals surface area contributed by atoms with Crippen LogP contribution in [0.1, 0.15) is 38.9 Å². The zero-order valence-corrected chi connectivity index (χ0v) is 12.1. The molecule has 1 atom stereocenters. The van der Waals surface area contributed by atoms with E-state index in [-0.39, 0.29) is 0 Å². The molecule has 18 heavy (non-hydrogen) atoms. The van der Waals surface area contributed by atoms with Crippen molar-refractivity contribution in [2.75, 3.05) is 31.5 Å². The van der Waals surface area contributed by atoms with Crippen LogP contribution in [0, 0.1) is 12.8 Å². The SMILES string of the molecule is CCN1CCC(CNc2nc(C)cn2C(C)C)C1. The van der Waals surface area contributed by atoms with Gasteiger partial charge in [0.15, 0.2) is 0 Å². The quantitative estimate of drug-likeness (QED) is 0.871. The van der Waals surface area contributed by atoms with Crippen LogP contribution in [0.2, 0.25) is 0 Å². The smallest absolute Gasteiger partial charge is 0.203 e. The first-order valence-corrected chi connectivity index (χ1v) is 7.11. The molecule has 1 aromatic heterocycles. The first kappa shape index (κ1) is 13.4. The topological polar surface area (TPSA) is 33.1 Å². The van der Waals surface area contributed by atoms with Gasteiger partial charge in [-0.25, -0.2) is 4.98 Å². The number of hydrogen-bond donors (Lipinski definition) is 1. The Kier molecular flexibility index (Phi) is 4.27. The standard InChI is InChI=1S/C14H26N4/c1-5-17-7-6-13(10-17)8-15-14-16-12(4)9-18(14)11(2)3/h9,11,13H,5-8,10H2,1-4H3,(H,15,16). The number of nitrogens with one attached hydrogen (secondary N) is 1. The van der Waals surface area contributed by atoms with E-state index in [0.717, 1.165) is 24.1 Å². The normalized spacial score (nSPS) is 20.8. The Morgan fingerprint density at radius 3 is 2.89 bits per heavy atom. The van der Waals surface area contributed by atoms with E-state index in [2.05, 4.69) is 53.7 Å². The summed E-state index contributed by atoms with van der Waals surface area (Å²) in [5.41, 5.74) is 1.09. The number of likely N-dealkylation sites (tertiary alicyclic amines) is 1. The van der Waals surface area contributed by atoms with E-state index in [4.69, 9.17) is 0 Å². The van der Waals surface area contributed by atoms with Crippen LogP contribution in [0.5, 0.6) is 0 Å². The van der Waals surface area contributed by atoms with Gasteiger partial charge in [0.2, 0.25) is 5.95 Å². The molecule has 1 unspecified atom stereocenters. The average Bonchev–Trinajstić information content (AvgIpc) is 2.92. The molecule has 4 nitrogen and oxygen atoms in total. The highest BCUT2D eigenvalue weighted by Crippen LogP contribution is 2.19. The molecule has 0 aliphatic carbocycles. The van der Waals surface area contributed by atoms with E-state index < -0.39 is 0 Å².